The van der Waals surface area contributed by atoms with Crippen molar-refractivity contribution in [3.8, 4) is 0 Å². The summed E-state index contributed by atoms with van der Waals surface area (Å²) in [5, 5.41) is 15.0. The predicted molar refractivity (Wildman–Crippen MR) is 77.5 cm³/mol. The van der Waals surface area contributed by atoms with E-state index < -0.39 is 0 Å². The molecular formula is C13H16N4OS. The van der Waals surface area contributed by atoms with Gasteiger partial charge in [-0.2, -0.15) is 0 Å². The average Bonchev–Trinajstić information content (AvgIpc) is 2.77. The van der Waals surface area contributed by atoms with E-state index in [-0.39, 0.29) is 11.9 Å². The number of benzene rings is 1. The molecule has 6 heteroatoms. The molecular weight excluding hydrogens is 260 g/mol. The van der Waals surface area contributed by atoms with Crippen molar-refractivity contribution in [2.45, 2.75) is 26.8 Å². The lowest BCUT2D eigenvalue weighted by Gasteiger charge is -2.15. The fraction of sp³-hybridized carbons (Fsp3) is 0.308. The lowest BCUT2D eigenvalue weighted by molar-refractivity contribution is -0.116. The number of anilines is 2. The predicted octanol–water partition coefficient (Wildman–Crippen LogP) is 2.59. The van der Waals surface area contributed by atoms with Gasteiger partial charge in [-0.25, -0.2) is 0 Å². The van der Waals surface area contributed by atoms with Crippen molar-refractivity contribution in [1.29, 1.82) is 0 Å². The molecule has 2 aromatic rings. The first-order valence-corrected chi connectivity index (χ1v) is 6.81. The van der Waals surface area contributed by atoms with Gasteiger partial charge >= 0.3 is 0 Å². The highest BCUT2D eigenvalue weighted by Crippen LogP contribution is 2.16. The standard InChI is InChI=1S/C13H16N4OS/c1-8-6-4-5-7-11(8)14-9(2)12(18)15-13-17-16-10(3)19-13/h4-7,9,14H,1-3H3,(H,15,17,18)/t9-/m1/s1. The Labute approximate surface area is 116 Å². The number of nitrogens with one attached hydrogen (secondary N) is 2. The van der Waals surface area contributed by atoms with Crippen LogP contribution >= 0.6 is 11.3 Å². The molecule has 0 aliphatic carbocycles. The minimum atomic E-state index is -0.342. The van der Waals surface area contributed by atoms with Gasteiger partial charge in [0.15, 0.2) is 0 Å². The maximum Gasteiger partial charge on any atom is 0.248 e. The molecule has 0 aliphatic heterocycles. The quantitative estimate of drug-likeness (QED) is 0.900. The maximum atomic E-state index is 12.0. The van der Waals surface area contributed by atoms with Crippen molar-refractivity contribution in [2.24, 2.45) is 0 Å². The van der Waals surface area contributed by atoms with Crippen LogP contribution in [0.2, 0.25) is 0 Å². The maximum absolute atomic E-state index is 12.0. The number of carbonyl (C=O) groups is 1. The first kappa shape index (κ1) is 13.5. The molecule has 2 rings (SSSR count). The molecule has 0 bridgehead atoms. The van der Waals surface area contributed by atoms with Crippen molar-refractivity contribution in [1.82, 2.24) is 10.2 Å². The van der Waals surface area contributed by atoms with Crippen LogP contribution in [-0.2, 0) is 4.79 Å². The summed E-state index contributed by atoms with van der Waals surface area (Å²) in [5.74, 6) is -0.126. The fourth-order valence-electron chi connectivity index (χ4n) is 1.59. The molecule has 0 spiro atoms. The van der Waals surface area contributed by atoms with Gasteiger partial charge in [-0.3, -0.25) is 10.1 Å². The van der Waals surface area contributed by atoms with Gasteiger partial charge in [0.1, 0.15) is 11.0 Å². The highest BCUT2D eigenvalue weighted by molar-refractivity contribution is 7.15. The topological polar surface area (TPSA) is 66.9 Å². The van der Waals surface area contributed by atoms with E-state index >= 15 is 0 Å². The minimum absolute atomic E-state index is 0.126. The Bertz CT molecular complexity index is 582. The number of aryl methyl sites for hydroxylation is 2. The van der Waals surface area contributed by atoms with Gasteiger partial charge < -0.3 is 5.32 Å². The Morgan fingerprint density at radius 1 is 1.26 bits per heavy atom. The van der Waals surface area contributed by atoms with E-state index in [4.69, 9.17) is 0 Å². The van der Waals surface area contributed by atoms with E-state index in [2.05, 4.69) is 20.8 Å². The zero-order chi connectivity index (χ0) is 13.8. The summed E-state index contributed by atoms with van der Waals surface area (Å²) in [6.07, 6.45) is 0. The van der Waals surface area contributed by atoms with Crippen molar-refractivity contribution < 1.29 is 4.79 Å². The van der Waals surface area contributed by atoms with Crippen LogP contribution in [0.15, 0.2) is 24.3 Å². The van der Waals surface area contributed by atoms with E-state index in [0.29, 0.717) is 5.13 Å². The second-order valence-electron chi connectivity index (χ2n) is 4.30. The van der Waals surface area contributed by atoms with Gasteiger partial charge in [0.05, 0.1) is 0 Å². The number of nitrogens with zero attached hydrogens (tertiary/aromatic N) is 2. The van der Waals surface area contributed by atoms with Crippen molar-refractivity contribution in [3.05, 3.63) is 34.8 Å². The molecule has 0 saturated carbocycles. The molecule has 1 heterocycles. The summed E-state index contributed by atoms with van der Waals surface area (Å²) in [6.45, 7) is 5.67. The van der Waals surface area contributed by atoms with Gasteiger partial charge in [-0.1, -0.05) is 29.5 Å². The lowest BCUT2D eigenvalue weighted by atomic mass is 10.2. The summed E-state index contributed by atoms with van der Waals surface area (Å²) in [5.41, 5.74) is 2.06. The smallest absolute Gasteiger partial charge is 0.248 e. The fourth-order valence-corrected chi connectivity index (χ4v) is 2.19. The van der Waals surface area contributed by atoms with Crippen molar-refractivity contribution >= 4 is 28.1 Å². The molecule has 19 heavy (non-hydrogen) atoms. The van der Waals surface area contributed by atoms with E-state index in [1.165, 1.54) is 11.3 Å². The highest BCUT2D eigenvalue weighted by Gasteiger charge is 2.15. The summed E-state index contributed by atoms with van der Waals surface area (Å²) >= 11 is 1.36. The number of hydrogen-bond acceptors (Lipinski definition) is 5. The van der Waals surface area contributed by atoms with Crippen LogP contribution in [0.3, 0.4) is 0 Å². The molecule has 1 atom stereocenters. The number of para-hydroxylation sites is 1. The monoisotopic (exact) mass is 276 g/mol. The molecule has 2 N–H and O–H groups in total. The Hall–Kier alpha value is -1.95. The van der Waals surface area contributed by atoms with E-state index in [9.17, 15) is 4.79 Å². The molecule has 0 aliphatic rings. The van der Waals surface area contributed by atoms with Crippen LogP contribution in [0.1, 0.15) is 17.5 Å². The van der Waals surface area contributed by atoms with E-state index in [0.717, 1.165) is 16.3 Å². The molecule has 5 nitrogen and oxygen atoms in total. The van der Waals surface area contributed by atoms with Crippen molar-refractivity contribution in [3.63, 3.8) is 0 Å². The number of aromatic nitrogens is 2. The third-order valence-corrected chi connectivity index (χ3v) is 3.42. The SMILES string of the molecule is Cc1nnc(NC(=O)[C@@H](C)Nc2ccccc2C)s1. The number of amides is 1. The number of carbonyl (C=O) groups excluding carboxylic acids is 1. The van der Waals surface area contributed by atoms with Gasteiger partial charge in [-0.15, -0.1) is 10.2 Å². The molecule has 1 aromatic carbocycles. The molecule has 0 fully saturated rings. The summed E-state index contributed by atoms with van der Waals surface area (Å²) in [7, 11) is 0. The first-order chi connectivity index (χ1) is 9.06. The van der Waals surface area contributed by atoms with Gasteiger partial charge in [0.25, 0.3) is 0 Å². The van der Waals surface area contributed by atoms with Crippen LogP contribution in [0.5, 0.6) is 0 Å². The first-order valence-electron chi connectivity index (χ1n) is 5.99. The van der Waals surface area contributed by atoms with E-state index in [1.807, 2.05) is 45.0 Å². The Kier molecular flexibility index (Phi) is 4.11. The second kappa shape index (κ2) is 5.79. The summed E-state index contributed by atoms with van der Waals surface area (Å²) in [6, 6.07) is 7.52. The molecule has 0 unspecified atom stereocenters. The third kappa shape index (κ3) is 3.51. The van der Waals surface area contributed by atoms with Crippen LogP contribution in [-0.4, -0.2) is 22.1 Å². The Morgan fingerprint density at radius 3 is 2.63 bits per heavy atom. The van der Waals surface area contributed by atoms with E-state index in [1.54, 1.807) is 0 Å². The zero-order valence-electron chi connectivity index (χ0n) is 11.1. The second-order valence-corrected chi connectivity index (χ2v) is 5.48. The van der Waals surface area contributed by atoms with Gasteiger partial charge in [-0.05, 0) is 32.4 Å². The van der Waals surface area contributed by atoms with Gasteiger partial charge in [0, 0.05) is 5.69 Å². The largest absolute Gasteiger partial charge is 0.374 e. The van der Waals surface area contributed by atoms with Gasteiger partial charge in [0.2, 0.25) is 11.0 Å². The molecule has 1 amide bonds. The Balaban J connectivity index is 1.98. The lowest BCUT2D eigenvalue weighted by Crippen LogP contribution is -2.32. The number of rotatable bonds is 4. The van der Waals surface area contributed by atoms with Crippen LogP contribution in [0.4, 0.5) is 10.8 Å². The third-order valence-electron chi connectivity index (χ3n) is 2.67. The Morgan fingerprint density at radius 2 is 2.00 bits per heavy atom. The minimum Gasteiger partial charge on any atom is -0.374 e. The van der Waals surface area contributed by atoms with Crippen LogP contribution in [0, 0.1) is 13.8 Å². The normalized spacial score (nSPS) is 11.9. The molecule has 0 radical (unpaired) electrons. The summed E-state index contributed by atoms with van der Waals surface area (Å²) in [4.78, 5) is 12.0. The molecule has 0 saturated heterocycles. The highest BCUT2D eigenvalue weighted by atomic mass is 32.1. The number of hydrogen-bond donors (Lipinski definition) is 2. The summed E-state index contributed by atoms with van der Waals surface area (Å²) < 4.78 is 0. The van der Waals surface area contributed by atoms with Crippen molar-refractivity contribution in [2.75, 3.05) is 10.6 Å². The molecule has 100 valence electrons. The zero-order valence-corrected chi connectivity index (χ0v) is 11.9. The average molecular weight is 276 g/mol. The van der Waals surface area contributed by atoms with Crippen LogP contribution in [0.25, 0.3) is 0 Å². The molecule has 1 aromatic heterocycles. The van der Waals surface area contributed by atoms with Crippen LogP contribution < -0.4 is 10.6 Å².